The van der Waals surface area contributed by atoms with Gasteiger partial charge in [-0.15, -0.1) is 0 Å². The molecule has 1 fully saturated rings. The molecule has 1 N–H and O–H groups in total. The molecule has 4 heteroatoms. The summed E-state index contributed by atoms with van der Waals surface area (Å²) >= 11 is 0. The lowest BCUT2D eigenvalue weighted by molar-refractivity contribution is 0.0316. The maximum absolute atomic E-state index is 12.3. The van der Waals surface area contributed by atoms with Gasteiger partial charge in [-0.1, -0.05) is 19.1 Å². The van der Waals surface area contributed by atoms with E-state index in [-0.39, 0.29) is 18.5 Å². The molecule has 1 aromatic rings. The summed E-state index contributed by atoms with van der Waals surface area (Å²) in [6.45, 7) is 4.74. The molecule has 0 atom stereocenters. The third kappa shape index (κ3) is 4.32. The van der Waals surface area contributed by atoms with Gasteiger partial charge in [-0.05, 0) is 44.5 Å². The normalized spacial score (nSPS) is 16.1. The smallest absolute Gasteiger partial charge is 0.192 e. The summed E-state index contributed by atoms with van der Waals surface area (Å²) in [7, 11) is 0. The molecule has 0 saturated carbocycles. The van der Waals surface area contributed by atoms with Gasteiger partial charge >= 0.3 is 0 Å². The molecule has 0 amide bonds. The molecule has 4 nitrogen and oxygen atoms in total. The van der Waals surface area contributed by atoms with Crippen LogP contribution in [0.4, 0.5) is 0 Å². The molecule has 0 radical (unpaired) electrons. The van der Waals surface area contributed by atoms with Crippen molar-refractivity contribution >= 4 is 5.78 Å². The van der Waals surface area contributed by atoms with Crippen LogP contribution >= 0.6 is 0 Å². The zero-order valence-corrected chi connectivity index (χ0v) is 12.1. The van der Waals surface area contributed by atoms with E-state index < -0.39 is 0 Å². The molecule has 1 aliphatic heterocycles. The highest BCUT2D eigenvalue weighted by atomic mass is 16.5. The second-order valence-electron chi connectivity index (χ2n) is 5.03. The van der Waals surface area contributed by atoms with Gasteiger partial charge in [0.15, 0.2) is 5.78 Å². The second-order valence-corrected chi connectivity index (χ2v) is 5.03. The second kappa shape index (κ2) is 8.02. The molecule has 0 bridgehead atoms. The minimum atomic E-state index is -0.00441. The van der Waals surface area contributed by atoms with E-state index in [1.165, 1.54) is 0 Å². The number of ether oxygens (including phenoxy) is 2. The van der Waals surface area contributed by atoms with Crippen LogP contribution in [-0.4, -0.2) is 38.2 Å². The Labute approximate surface area is 120 Å². The van der Waals surface area contributed by atoms with Crippen molar-refractivity contribution in [1.82, 2.24) is 5.32 Å². The maximum Gasteiger partial charge on any atom is 0.192 e. The Morgan fingerprint density at radius 1 is 1.30 bits per heavy atom. The topological polar surface area (TPSA) is 47.6 Å². The number of hydrogen-bond donors (Lipinski definition) is 1. The van der Waals surface area contributed by atoms with Crippen LogP contribution in [0.5, 0.6) is 5.75 Å². The van der Waals surface area contributed by atoms with Crippen molar-refractivity contribution in [2.24, 2.45) is 0 Å². The number of carbonyl (C=O) groups is 1. The van der Waals surface area contributed by atoms with Gasteiger partial charge in [0, 0.05) is 0 Å². The van der Waals surface area contributed by atoms with E-state index in [9.17, 15) is 4.79 Å². The van der Waals surface area contributed by atoms with Gasteiger partial charge in [-0.25, -0.2) is 0 Å². The lowest BCUT2D eigenvalue weighted by Crippen LogP contribution is -2.33. The van der Waals surface area contributed by atoms with E-state index in [1.807, 2.05) is 25.1 Å². The van der Waals surface area contributed by atoms with Crippen molar-refractivity contribution in [3.63, 3.8) is 0 Å². The monoisotopic (exact) mass is 277 g/mol. The summed E-state index contributed by atoms with van der Waals surface area (Å²) in [6.07, 6.45) is 3.07. The Balaban J connectivity index is 1.90. The molecule has 0 aliphatic carbocycles. The molecule has 1 heterocycles. The van der Waals surface area contributed by atoms with Crippen molar-refractivity contribution in [2.75, 3.05) is 26.3 Å². The molecule has 110 valence electrons. The summed E-state index contributed by atoms with van der Waals surface area (Å²) in [5, 5.41) is 3.28. The molecule has 20 heavy (non-hydrogen) atoms. The molecule has 1 aromatic carbocycles. The fourth-order valence-corrected chi connectivity index (χ4v) is 2.27. The van der Waals surface area contributed by atoms with Crippen LogP contribution in [0, 0.1) is 0 Å². The number of benzene rings is 1. The Morgan fingerprint density at radius 2 is 2.05 bits per heavy atom. The van der Waals surface area contributed by atoms with Gasteiger partial charge in [0.2, 0.25) is 0 Å². The van der Waals surface area contributed by atoms with Gasteiger partial charge in [-0.3, -0.25) is 4.79 Å². The van der Waals surface area contributed by atoms with Crippen LogP contribution in [0.3, 0.4) is 0 Å². The summed E-state index contributed by atoms with van der Waals surface area (Å²) < 4.78 is 11.3. The Kier molecular flexibility index (Phi) is 6.02. The first-order valence-electron chi connectivity index (χ1n) is 7.38. The first-order valence-corrected chi connectivity index (χ1v) is 7.38. The van der Waals surface area contributed by atoms with Gasteiger partial charge in [0.1, 0.15) is 12.4 Å². The molecule has 0 aromatic heterocycles. The fraction of sp³-hybridized carbons (Fsp3) is 0.562. The lowest BCUT2D eigenvalue weighted by Gasteiger charge is -2.22. The van der Waals surface area contributed by atoms with Gasteiger partial charge < -0.3 is 14.8 Å². The Morgan fingerprint density at radius 3 is 2.80 bits per heavy atom. The summed E-state index contributed by atoms with van der Waals surface area (Å²) in [4.78, 5) is 12.3. The van der Waals surface area contributed by atoms with E-state index in [2.05, 4.69) is 5.32 Å². The Bertz CT molecular complexity index is 427. The first kappa shape index (κ1) is 15.0. The van der Waals surface area contributed by atoms with Gasteiger partial charge in [-0.2, -0.15) is 0 Å². The maximum atomic E-state index is 12.3. The van der Waals surface area contributed by atoms with Crippen molar-refractivity contribution in [1.29, 1.82) is 0 Å². The molecule has 1 aliphatic rings. The predicted octanol–water partition coefficient (Wildman–Crippen LogP) is 2.43. The average molecular weight is 277 g/mol. The van der Waals surface area contributed by atoms with E-state index in [4.69, 9.17) is 9.47 Å². The number of ketones is 1. The minimum Gasteiger partial charge on any atom is -0.493 e. The van der Waals surface area contributed by atoms with Crippen molar-refractivity contribution in [3.05, 3.63) is 29.8 Å². The van der Waals surface area contributed by atoms with Gasteiger partial charge in [0.05, 0.1) is 18.3 Å². The number of rotatable bonds is 7. The number of nitrogens with one attached hydrogen (secondary N) is 1. The van der Waals surface area contributed by atoms with Crippen molar-refractivity contribution in [3.8, 4) is 5.75 Å². The minimum absolute atomic E-state index is 0.00441. The van der Waals surface area contributed by atoms with Crippen molar-refractivity contribution in [2.45, 2.75) is 32.3 Å². The molecule has 1 saturated heterocycles. The third-order valence-electron chi connectivity index (χ3n) is 3.39. The van der Waals surface area contributed by atoms with Gasteiger partial charge in [0.25, 0.3) is 0 Å². The van der Waals surface area contributed by atoms with Crippen LogP contribution in [0.25, 0.3) is 0 Å². The highest BCUT2D eigenvalue weighted by Crippen LogP contribution is 2.19. The average Bonchev–Trinajstić information content (AvgIpc) is 2.52. The standard InChI is InChI=1S/C16H23NO3/c1-2-11-19-16-6-4-3-5-14(16)15(18)12-20-13-7-9-17-10-8-13/h3-6,13,17H,2,7-12H2,1H3. The summed E-state index contributed by atoms with van der Waals surface area (Å²) in [5.41, 5.74) is 0.620. The number of hydrogen-bond acceptors (Lipinski definition) is 4. The van der Waals surface area contributed by atoms with Crippen LogP contribution < -0.4 is 10.1 Å². The first-order chi connectivity index (χ1) is 9.81. The van der Waals surface area contributed by atoms with E-state index in [0.29, 0.717) is 17.9 Å². The zero-order chi connectivity index (χ0) is 14.2. The largest absolute Gasteiger partial charge is 0.493 e. The summed E-state index contributed by atoms with van der Waals surface area (Å²) in [6, 6.07) is 7.39. The van der Waals surface area contributed by atoms with Crippen molar-refractivity contribution < 1.29 is 14.3 Å². The molecule has 0 spiro atoms. The van der Waals surface area contributed by atoms with Crippen LogP contribution in [0.15, 0.2) is 24.3 Å². The number of piperidine rings is 1. The number of para-hydroxylation sites is 1. The fourth-order valence-electron chi connectivity index (χ4n) is 2.27. The quantitative estimate of drug-likeness (QED) is 0.778. The van der Waals surface area contributed by atoms with E-state index >= 15 is 0 Å². The molecular weight excluding hydrogens is 254 g/mol. The summed E-state index contributed by atoms with van der Waals surface area (Å²) in [5.74, 6) is 0.656. The predicted molar refractivity (Wildman–Crippen MR) is 78.4 cm³/mol. The highest BCUT2D eigenvalue weighted by Gasteiger charge is 2.17. The number of carbonyl (C=O) groups excluding carboxylic acids is 1. The lowest BCUT2D eigenvalue weighted by atomic mass is 10.1. The third-order valence-corrected chi connectivity index (χ3v) is 3.39. The molecule has 2 rings (SSSR count). The molecular formula is C16H23NO3. The molecule has 0 unspecified atom stereocenters. The Hall–Kier alpha value is -1.39. The van der Waals surface area contributed by atoms with E-state index in [1.54, 1.807) is 6.07 Å². The van der Waals surface area contributed by atoms with Crippen LogP contribution in [-0.2, 0) is 4.74 Å². The van der Waals surface area contributed by atoms with Crippen LogP contribution in [0.1, 0.15) is 36.5 Å². The SMILES string of the molecule is CCCOc1ccccc1C(=O)COC1CCNCC1. The number of Topliss-reactive ketones (excluding diaryl/α,β-unsaturated/α-hetero) is 1. The van der Waals surface area contributed by atoms with Crippen LogP contribution in [0.2, 0.25) is 0 Å². The zero-order valence-electron chi connectivity index (χ0n) is 12.1. The van der Waals surface area contributed by atoms with E-state index in [0.717, 1.165) is 32.4 Å². The highest BCUT2D eigenvalue weighted by molar-refractivity contribution is 5.99.